The van der Waals surface area contributed by atoms with Crippen LogP contribution in [0.2, 0.25) is 0 Å². The first-order valence-electron chi connectivity index (χ1n) is 11.6. The Morgan fingerprint density at radius 2 is 1.94 bits per heavy atom. The van der Waals surface area contributed by atoms with Crippen molar-refractivity contribution in [3.05, 3.63) is 59.7 Å². The van der Waals surface area contributed by atoms with E-state index in [0.29, 0.717) is 17.5 Å². The fourth-order valence-corrected chi connectivity index (χ4v) is 4.55. The number of hydrogen-bond donors (Lipinski definition) is 1. The minimum atomic E-state index is 0.115. The van der Waals surface area contributed by atoms with Gasteiger partial charge in [-0.25, -0.2) is 4.98 Å². The fourth-order valence-electron chi connectivity index (χ4n) is 3.83. The highest BCUT2D eigenvalue weighted by molar-refractivity contribution is 7.99. The Hall–Kier alpha value is -2.93. The van der Waals surface area contributed by atoms with Gasteiger partial charge in [-0.05, 0) is 43.4 Å². The van der Waals surface area contributed by atoms with Gasteiger partial charge < -0.3 is 9.88 Å². The van der Waals surface area contributed by atoms with Crippen LogP contribution in [0.1, 0.15) is 44.2 Å². The third-order valence-corrected chi connectivity index (χ3v) is 6.53. The lowest BCUT2D eigenvalue weighted by Crippen LogP contribution is -2.25. The molecule has 2 aromatic carbocycles. The minimum absolute atomic E-state index is 0.115. The normalized spacial score (nSPS) is 11.5. The summed E-state index contributed by atoms with van der Waals surface area (Å²) in [7, 11) is 0. The molecule has 0 saturated carbocycles. The summed E-state index contributed by atoms with van der Waals surface area (Å²) in [6.45, 7) is 7.88. The van der Waals surface area contributed by atoms with Gasteiger partial charge in [0.1, 0.15) is 5.52 Å². The summed E-state index contributed by atoms with van der Waals surface area (Å²) in [4.78, 5) is 16.9. The molecule has 0 aliphatic carbocycles. The molecule has 4 aromatic rings. The van der Waals surface area contributed by atoms with Crippen molar-refractivity contribution in [1.29, 1.82) is 0 Å². The van der Waals surface area contributed by atoms with Crippen molar-refractivity contribution in [2.24, 2.45) is 5.92 Å². The van der Waals surface area contributed by atoms with Gasteiger partial charge in [0.15, 0.2) is 5.65 Å². The van der Waals surface area contributed by atoms with Gasteiger partial charge in [-0.1, -0.05) is 67.6 Å². The number of fused-ring (bicyclic) bond motifs is 3. The molecular weight excluding hydrogens is 430 g/mol. The maximum atomic E-state index is 12.0. The van der Waals surface area contributed by atoms with Crippen molar-refractivity contribution in [3.8, 4) is 0 Å². The zero-order valence-corrected chi connectivity index (χ0v) is 20.4. The molecule has 0 bridgehead atoms. The molecule has 2 heterocycles. The first kappa shape index (κ1) is 23.2. The highest BCUT2D eigenvalue weighted by Crippen LogP contribution is 2.29. The topological polar surface area (TPSA) is 72.7 Å². The second-order valence-corrected chi connectivity index (χ2v) is 9.91. The molecule has 1 N–H and O–H groups in total. The highest BCUT2D eigenvalue weighted by atomic mass is 32.2. The van der Waals surface area contributed by atoms with Crippen LogP contribution in [-0.4, -0.2) is 38.0 Å². The van der Waals surface area contributed by atoms with E-state index < -0.39 is 0 Å². The Balaban J connectivity index is 1.49. The summed E-state index contributed by atoms with van der Waals surface area (Å²) in [5.74, 6) is 1.49. The van der Waals surface area contributed by atoms with Crippen LogP contribution in [0.15, 0.2) is 53.7 Å². The van der Waals surface area contributed by atoms with Gasteiger partial charge in [-0.15, -0.1) is 10.2 Å². The third-order valence-electron chi connectivity index (χ3n) is 5.61. The Labute approximate surface area is 199 Å². The number of aromatic nitrogens is 4. The van der Waals surface area contributed by atoms with Crippen LogP contribution in [-0.2, 0) is 11.3 Å². The van der Waals surface area contributed by atoms with Crippen molar-refractivity contribution < 1.29 is 4.79 Å². The predicted octanol–water partition coefficient (Wildman–Crippen LogP) is 5.37. The first-order valence-corrected chi connectivity index (χ1v) is 12.6. The smallest absolute Gasteiger partial charge is 0.220 e. The molecule has 1 amide bonds. The molecule has 0 aliphatic heterocycles. The maximum absolute atomic E-state index is 12.0. The summed E-state index contributed by atoms with van der Waals surface area (Å²) in [6, 6.07) is 16.8. The van der Waals surface area contributed by atoms with Crippen LogP contribution >= 0.6 is 11.8 Å². The summed E-state index contributed by atoms with van der Waals surface area (Å²) in [5, 5.41) is 13.7. The van der Waals surface area contributed by atoms with Crippen LogP contribution in [0.5, 0.6) is 0 Å². The van der Waals surface area contributed by atoms with Crippen LogP contribution in [0.3, 0.4) is 0 Å². The predicted molar refractivity (Wildman–Crippen MR) is 136 cm³/mol. The van der Waals surface area contributed by atoms with Crippen LogP contribution < -0.4 is 5.32 Å². The van der Waals surface area contributed by atoms with Crippen molar-refractivity contribution in [2.75, 3.05) is 12.3 Å². The molecule has 2 aromatic heterocycles. The lowest BCUT2D eigenvalue weighted by Gasteiger charge is -2.08. The zero-order valence-electron chi connectivity index (χ0n) is 19.5. The summed E-state index contributed by atoms with van der Waals surface area (Å²) in [5.41, 5.74) is 5.20. The number of nitrogens with one attached hydrogen (secondary N) is 1. The molecule has 0 radical (unpaired) electrons. The number of aryl methyl sites for hydroxylation is 1. The van der Waals surface area contributed by atoms with Crippen molar-refractivity contribution in [1.82, 2.24) is 25.1 Å². The number of carbonyl (C=O) groups excluding carboxylic acids is 1. The number of amides is 1. The van der Waals surface area contributed by atoms with Gasteiger partial charge in [0.25, 0.3) is 0 Å². The van der Waals surface area contributed by atoms with Gasteiger partial charge in [-0.2, -0.15) is 0 Å². The molecule has 33 heavy (non-hydrogen) atoms. The summed E-state index contributed by atoms with van der Waals surface area (Å²) >= 11 is 1.56. The largest absolute Gasteiger partial charge is 0.356 e. The second kappa shape index (κ2) is 10.8. The van der Waals surface area contributed by atoms with Crippen molar-refractivity contribution >= 4 is 39.7 Å². The van der Waals surface area contributed by atoms with E-state index in [9.17, 15) is 4.79 Å². The van der Waals surface area contributed by atoms with Crippen LogP contribution in [0, 0.1) is 12.8 Å². The van der Waals surface area contributed by atoms with Gasteiger partial charge in [0.2, 0.25) is 11.1 Å². The van der Waals surface area contributed by atoms with Gasteiger partial charge in [-0.3, -0.25) is 4.79 Å². The molecule has 0 unspecified atom stereocenters. The number of hydrogen-bond acceptors (Lipinski definition) is 5. The number of nitrogens with zero attached hydrogens (tertiary/aromatic N) is 4. The van der Waals surface area contributed by atoms with Gasteiger partial charge in [0, 0.05) is 30.6 Å². The molecule has 172 valence electrons. The number of benzene rings is 2. The standard InChI is InChI=1S/C26H31N5OS/c1-18(2)13-14-27-23(32)10-7-15-33-26-28-25-24(29-30-26)21-16-19(3)11-12-22(21)31(25)17-20-8-5-4-6-9-20/h4-6,8-9,11-12,16,18H,7,10,13-15,17H2,1-3H3,(H,27,32). The van der Waals surface area contributed by atoms with E-state index >= 15 is 0 Å². The fraction of sp³-hybridized carbons (Fsp3) is 0.385. The van der Waals surface area contributed by atoms with Crippen LogP contribution in [0.25, 0.3) is 22.1 Å². The lowest BCUT2D eigenvalue weighted by molar-refractivity contribution is -0.121. The Morgan fingerprint density at radius 1 is 1.12 bits per heavy atom. The van der Waals surface area contributed by atoms with Crippen molar-refractivity contribution in [3.63, 3.8) is 0 Å². The van der Waals surface area contributed by atoms with E-state index in [2.05, 4.69) is 83.3 Å². The maximum Gasteiger partial charge on any atom is 0.220 e. The third kappa shape index (κ3) is 5.90. The SMILES string of the molecule is Cc1ccc2c(c1)c1nnc(SCCCC(=O)NCCC(C)C)nc1n2Cc1ccccc1. The van der Waals surface area contributed by atoms with E-state index in [1.807, 2.05) is 6.07 Å². The molecule has 4 rings (SSSR count). The van der Waals surface area contributed by atoms with E-state index in [1.54, 1.807) is 11.8 Å². The Kier molecular flexibility index (Phi) is 7.60. The minimum Gasteiger partial charge on any atom is -0.356 e. The van der Waals surface area contributed by atoms with Crippen molar-refractivity contribution in [2.45, 2.75) is 51.7 Å². The highest BCUT2D eigenvalue weighted by Gasteiger charge is 2.16. The van der Waals surface area contributed by atoms with Crippen LogP contribution in [0.4, 0.5) is 0 Å². The van der Waals surface area contributed by atoms with E-state index in [1.165, 1.54) is 11.1 Å². The zero-order chi connectivity index (χ0) is 23.2. The molecule has 7 heteroatoms. The molecule has 6 nitrogen and oxygen atoms in total. The van der Waals surface area contributed by atoms with E-state index in [0.717, 1.165) is 53.8 Å². The lowest BCUT2D eigenvalue weighted by atomic mass is 10.1. The molecule has 0 aliphatic rings. The Morgan fingerprint density at radius 3 is 2.73 bits per heavy atom. The molecular formula is C26H31N5OS. The Bertz CT molecular complexity index is 1240. The summed E-state index contributed by atoms with van der Waals surface area (Å²) < 4.78 is 2.22. The van der Waals surface area contributed by atoms with Gasteiger partial charge >= 0.3 is 0 Å². The van der Waals surface area contributed by atoms with Gasteiger partial charge in [0.05, 0.1) is 5.52 Å². The monoisotopic (exact) mass is 461 g/mol. The second-order valence-electron chi connectivity index (χ2n) is 8.84. The number of rotatable bonds is 10. The quantitative estimate of drug-likeness (QED) is 0.254. The van der Waals surface area contributed by atoms with E-state index in [-0.39, 0.29) is 5.91 Å². The molecule has 0 saturated heterocycles. The average Bonchev–Trinajstić information content (AvgIpc) is 3.09. The number of thioether (sulfide) groups is 1. The summed E-state index contributed by atoms with van der Waals surface area (Å²) in [6.07, 6.45) is 2.32. The first-order chi connectivity index (χ1) is 16.0. The average molecular weight is 462 g/mol. The molecule has 0 fully saturated rings. The van der Waals surface area contributed by atoms with E-state index in [4.69, 9.17) is 4.98 Å². The molecule has 0 atom stereocenters. The number of carbonyl (C=O) groups is 1. The molecule has 0 spiro atoms.